The molecule has 0 bridgehead atoms. The zero-order chi connectivity index (χ0) is 28.1. The van der Waals surface area contributed by atoms with Gasteiger partial charge >= 0.3 is 17.6 Å². The van der Waals surface area contributed by atoms with Crippen molar-refractivity contribution >= 4 is 35.2 Å². The predicted octanol–water partition coefficient (Wildman–Crippen LogP) is 3.61. The molecule has 38 heavy (non-hydrogen) atoms. The van der Waals surface area contributed by atoms with Crippen molar-refractivity contribution in [1.82, 2.24) is 5.32 Å². The smallest absolute Gasteiger partial charge is 0.336 e. The first-order chi connectivity index (χ1) is 18.1. The average Bonchev–Trinajstić information content (AvgIpc) is 2.86. The number of thioether (sulfide) groups is 1. The first-order valence-electron chi connectivity index (χ1n) is 12.3. The van der Waals surface area contributed by atoms with Gasteiger partial charge in [-0.1, -0.05) is 13.8 Å². The van der Waals surface area contributed by atoms with Crippen LogP contribution in [-0.2, 0) is 23.9 Å². The number of nitrogens with zero attached hydrogens (tertiary/aromatic N) is 1. The fourth-order valence-electron chi connectivity index (χ4n) is 4.88. The van der Waals surface area contributed by atoms with Crippen molar-refractivity contribution in [3.05, 3.63) is 50.4 Å². The van der Waals surface area contributed by atoms with E-state index in [4.69, 9.17) is 14.2 Å². The molecule has 1 aromatic carbocycles. The second-order valence-electron chi connectivity index (χ2n) is 8.95. The number of phenols is 1. The van der Waals surface area contributed by atoms with E-state index in [-0.39, 0.29) is 41.6 Å². The monoisotopic (exact) mass is 548 g/mol. The Balaban J connectivity index is 2.24. The van der Waals surface area contributed by atoms with Crippen LogP contribution >= 0.6 is 11.8 Å². The van der Waals surface area contributed by atoms with Crippen LogP contribution in [0, 0.1) is 22.0 Å². The standard InChI is InChI=1S/C26H32N2O9S/c1-6-36-18-12-15(11-17(23(18)29)28(33)34)21-20(26(32)37-8-9-38-7-2)14(4)27-16-10-13(3)19(25(31)35-5)24(30)22(16)21/h11-13,19,21,27,29H,6-10H2,1-5H3/t13-,19+,21+/m1/s1. The molecule has 3 atom stereocenters. The third-order valence-electron chi connectivity index (χ3n) is 6.53. The van der Waals surface area contributed by atoms with Gasteiger partial charge < -0.3 is 24.6 Å². The van der Waals surface area contributed by atoms with Crippen molar-refractivity contribution in [1.29, 1.82) is 0 Å². The normalized spacial score (nSPS) is 21.0. The highest BCUT2D eigenvalue weighted by Crippen LogP contribution is 2.48. The number of nitro benzene ring substituents is 1. The van der Waals surface area contributed by atoms with Gasteiger partial charge in [0.15, 0.2) is 11.5 Å². The Labute approximate surface area is 224 Å². The predicted molar refractivity (Wildman–Crippen MR) is 140 cm³/mol. The third kappa shape index (κ3) is 5.64. The fraction of sp³-hybridized carbons (Fsp3) is 0.500. The van der Waals surface area contributed by atoms with Gasteiger partial charge in [-0.3, -0.25) is 19.7 Å². The van der Waals surface area contributed by atoms with Crippen LogP contribution in [0.3, 0.4) is 0 Å². The van der Waals surface area contributed by atoms with Gasteiger partial charge in [-0.15, -0.1) is 0 Å². The Morgan fingerprint density at radius 1 is 1.29 bits per heavy atom. The Morgan fingerprint density at radius 3 is 2.61 bits per heavy atom. The lowest BCUT2D eigenvalue weighted by Gasteiger charge is -2.38. The lowest BCUT2D eigenvalue weighted by molar-refractivity contribution is -0.386. The number of hydrogen-bond donors (Lipinski definition) is 2. The maximum Gasteiger partial charge on any atom is 0.336 e. The maximum atomic E-state index is 13.8. The summed E-state index contributed by atoms with van der Waals surface area (Å²) in [6.07, 6.45) is 0.308. The van der Waals surface area contributed by atoms with E-state index in [9.17, 15) is 29.6 Å². The molecular weight excluding hydrogens is 516 g/mol. The Kier molecular flexibility index (Phi) is 9.42. The van der Waals surface area contributed by atoms with E-state index in [0.717, 1.165) is 11.8 Å². The summed E-state index contributed by atoms with van der Waals surface area (Å²) in [5.41, 5.74) is 0.676. The van der Waals surface area contributed by atoms with E-state index in [1.165, 1.54) is 13.2 Å². The van der Waals surface area contributed by atoms with Crippen molar-refractivity contribution < 1.29 is 38.6 Å². The molecule has 0 unspecified atom stereocenters. The minimum absolute atomic E-state index is 0.0826. The van der Waals surface area contributed by atoms with Crippen LogP contribution in [0.15, 0.2) is 34.7 Å². The number of rotatable bonds is 10. The number of nitro groups is 1. The number of Topliss-reactive ketones (excluding diaryl/α,β-unsaturated/α-hetero) is 1. The second-order valence-corrected chi connectivity index (χ2v) is 10.3. The van der Waals surface area contributed by atoms with Crippen LogP contribution in [0.5, 0.6) is 11.5 Å². The molecule has 2 N–H and O–H groups in total. The Morgan fingerprint density at radius 2 is 2.00 bits per heavy atom. The number of aromatic hydroxyl groups is 1. The van der Waals surface area contributed by atoms with Crippen LogP contribution < -0.4 is 10.1 Å². The van der Waals surface area contributed by atoms with E-state index in [2.05, 4.69) is 5.32 Å². The highest BCUT2D eigenvalue weighted by molar-refractivity contribution is 7.99. The largest absolute Gasteiger partial charge is 0.500 e. The summed E-state index contributed by atoms with van der Waals surface area (Å²) in [5.74, 6) is -3.96. The molecule has 0 radical (unpaired) electrons. The van der Waals surface area contributed by atoms with Crippen molar-refractivity contribution in [3.8, 4) is 11.5 Å². The molecule has 1 aliphatic heterocycles. The van der Waals surface area contributed by atoms with E-state index in [0.29, 0.717) is 23.6 Å². The highest BCUT2D eigenvalue weighted by Gasteiger charge is 2.47. The molecule has 0 saturated heterocycles. The molecule has 206 valence electrons. The van der Waals surface area contributed by atoms with Gasteiger partial charge in [0.25, 0.3) is 0 Å². The summed E-state index contributed by atoms with van der Waals surface area (Å²) in [6.45, 7) is 7.28. The Bertz CT molecular complexity index is 1210. The van der Waals surface area contributed by atoms with Crippen molar-refractivity contribution in [2.45, 2.75) is 40.0 Å². The number of hydrogen-bond acceptors (Lipinski definition) is 11. The van der Waals surface area contributed by atoms with Crippen LogP contribution in [0.4, 0.5) is 5.69 Å². The molecule has 1 aromatic rings. The molecule has 0 saturated carbocycles. The number of benzene rings is 1. The van der Waals surface area contributed by atoms with E-state index < -0.39 is 45.9 Å². The number of carbonyl (C=O) groups excluding carboxylic acids is 3. The number of phenolic OH excluding ortho intramolecular Hbond substituents is 1. The number of ether oxygens (including phenoxy) is 3. The molecule has 2 aliphatic rings. The van der Waals surface area contributed by atoms with Crippen molar-refractivity contribution in [2.24, 2.45) is 11.8 Å². The molecule has 3 rings (SSSR count). The summed E-state index contributed by atoms with van der Waals surface area (Å²) in [7, 11) is 1.20. The number of ketones is 1. The van der Waals surface area contributed by atoms with Gasteiger partial charge in [0, 0.05) is 34.7 Å². The molecule has 0 fully saturated rings. The number of carbonyl (C=O) groups is 3. The fourth-order valence-corrected chi connectivity index (χ4v) is 5.37. The summed E-state index contributed by atoms with van der Waals surface area (Å²) in [5, 5.41) is 25.4. The van der Waals surface area contributed by atoms with Gasteiger partial charge in [0.2, 0.25) is 5.75 Å². The SMILES string of the molecule is CCOc1cc([C@H]2C(C(=O)OCCSCC)=C(C)NC3=C2C(=O)[C@@H](C(=O)OC)[C@H](C)C3)cc([N+](=O)[O-])c1O. The van der Waals surface area contributed by atoms with Crippen molar-refractivity contribution in [3.63, 3.8) is 0 Å². The third-order valence-corrected chi connectivity index (χ3v) is 7.40. The van der Waals surface area contributed by atoms with Gasteiger partial charge in [0.05, 0.1) is 24.2 Å². The zero-order valence-corrected chi connectivity index (χ0v) is 22.8. The van der Waals surface area contributed by atoms with Crippen LogP contribution in [0.25, 0.3) is 0 Å². The maximum absolute atomic E-state index is 13.8. The van der Waals surface area contributed by atoms with Crippen LogP contribution in [0.2, 0.25) is 0 Å². The number of allylic oxidation sites excluding steroid dienone is 3. The lowest BCUT2D eigenvalue weighted by atomic mass is 9.69. The average molecular weight is 549 g/mol. The van der Waals surface area contributed by atoms with E-state index in [1.807, 2.05) is 6.92 Å². The lowest BCUT2D eigenvalue weighted by Crippen LogP contribution is -2.43. The summed E-state index contributed by atoms with van der Waals surface area (Å²) in [4.78, 5) is 50.8. The summed E-state index contributed by atoms with van der Waals surface area (Å²) in [6, 6.07) is 2.49. The first-order valence-corrected chi connectivity index (χ1v) is 13.4. The van der Waals surface area contributed by atoms with E-state index in [1.54, 1.807) is 32.5 Å². The van der Waals surface area contributed by atoms with Crippen molar-refractivity contribution in [2.75, 3.05) is 31.8 Å². The molecule has 0 aromatic heterocycles. The van der Waals surface area contributed by atoms with Crippen LogP contribution in [0.1, 0.15) is 45.6 Å². The van der Waals surface area contributed by atoms with Gasteiger partial charge in [0.1, 0.15) is 12.5 Å². The molecule has 0 spiro atoms. The van der Waals surface area contributed by atoms with E-state index >= 15 is 0 Å². The minimum Gasteiger partial charge on any atom is -0.500 e. The highest BCUT2D eigenvalue weighted by atomic mass is 32.2. The number of dihydropyridines is 1. The molecular formula is C26H32N2O9S. The molecule has 11 nitrogen and oxygen atoms in total. The van der Waals surface area contributed by atoms with Crippen LogP contribution in [-0.4, -0.2) is 59.6 Å². The minimum atomic E-state index is -1.11. The quantitative estimate of drug-likeness (QED) is 0.145. The second kappa shape index (κ2) is 12.3. The van der Waals surface area contributed by atoms with Gasteiger partial charge in [-0.05, 0) is 43.6 Å². The topological polar surface area (TPSA) is 154 Å². The molecule has 1 aliphatic carbocycles. The number of nitrogens with one attached hydrogen (secondary N) is 1. The number of esters is 2. The Hall–Kier alpha value is -3.54. The van der Waals surface area contributed by atoms with Gasteiger partial charge in [-0.25, -0.2) is 4.79 Å². The molecule has 1 heterocycles. The zero-order valence-electron chi connectivity index (χ0n) is 22.0. The number of methoxy groups -OCH3 is 1. The first kappa shape index (κ1) is 29.0. The summed E-state index contributed by atoms with van der Waals surface area (Å²) < 4.78 is 15.9. The summed E-state index contributed by atoms with van der Waals surface area (Å²) >= 11 is 1.59. The molecule has 0 amide bonds. The molecule has 12 heteroatoms. The van der Waals surface area contributed by atoms with Gasteiger partial charge in [-0.2, -0.15) is 11.8 Å².